The lowest BCUT2D eigenvalue weighted by Gasteiger charge is -2.25. The number of aryl methyl sites for hydroxylation is 1. The van der Waals surface area contributed by atoms with E-state index in [1.54, 1.807) is 12.1 Å². The van der Waals surface area contributed by atoms with Crippen LogP contribution in [-0.4, -0.2) is 50.6 Å². The summed E-state index contributed by atoms with van der Waals surface area (Å²) in [5.41, 5.74) is 5.18. The van der Waals surface area contributed by atoms with Crippen molar-refractivity contribution in [3.8, 4) is 11.1 Å². The van der Waals surface area contributed by atoms with Crippen LogP contribution in [0.25, 0.3) is 16.7 Å². The third-order valence-corrected chi connectivity index (χ3v) is 5.08. The Morgan fingerprint density at radius 2 is 1.97 bits per heavy atom. The summed E-state index contributed by atoms with van der Waals surface area (Å²) >= 11 is 0. The lowest BCUT2D eigenvalue weighted by atomic mass is 10.0. The van der Waals surface area contributed by atoms with Crippen LogP contribution in [0.4, 0.5) is 0 Å². The van der Waals surface area contributed by atoms with Crippen LogP contribution in [-0.2, 0) is 11.3 Å². The van der Waals surface area contributed by atoms with Crippen molar-refractivity contribution in [1.82, 2.24) is 25.4 Å². The first-order valence-electron chi connectivity index (χ1n) is 9.71. The Morgan fingerprint density at radius 1 is 1.19 bits per heavy atom. The molecule has 2 atom stereocenters. The first kappa shape index (κ1) is 20.7. The minimum absolute atomic E-state index is 0.357. The van der Waals surface area contributed by atoms with E-state index < -0.39 is 12.6 Å². The topological polar surface area (TPSA) is 122 Å². The monoisotopic (exact) mass is 421 g/mol. The molecule has 3 heterocycles. The largest absolute Gasteiger partial charge is 0.465 e. The molecule has 4 rings (SSSR count). The zero-order chi connectivity index (χ0) is 22.0. The van der Waals surface area contributed by atoms with Crippen LogP contribution in [0, 0.1) is 6.92 Å². The van der Waals surface area contributed by atoms with Crippen molar-refractivity contribution in [1.29, 1.82) is 0 Å². The molecule has 1 aliphatic heterocycles. The van der Waals surface area contributed by atoms with Gasteiger partial charge in [0.1, 0.15) is 6.23 Å². The molecule has 0 aliphatic carbocycles. The number of nitrogens with zero attached hydrogens (tertiary/aromatic N) is 3. The van der Waals surface area contributed by atoms with Gasteiger partial charge in [0.2, 0.25) is 0 Å². The molecule has 160 valence electrons. The Hall–Kier alpha value is -3.53. The quantitative estimate of drug-likeness (QED) is 0.454. The molecule has 9 nitrogen and oxygen atoms in total. The second-order valence-electron chi connectivity index (χ2n) is 7.23. The van der Waals surface area contributed by atoms with Gasteiger partial charge in [0.15, 0.2) is 6.35 Å². The Morgan fingerprint density at radius 3 is 2.68 bits per heavy atom. The van der Waals surface area contributed by atoms with E-state index in [-0.39, 0.29) is 5.97 Å². The number of carbonyl (C=O) groups is 1. The number of hydrogen-bond acceptors (Lipinski definition) is 8. The van der Waals surface area contributed by atoms with E-state index >= 15 is 0 Å². The minimum atomic E-state index is -1.06. The van der Waals surface area contributed by atoms with Crippen LogP contribution in [0.3, 0.4) is 0 Å². The molecule has 2 unspecified atom stereocenters. The molecule has 0 bridgehead atoms. The predicted octanol–water partition coefficient (Wildman–Crippen LogP) is 1.22. The molecule has 4 N–H and O–H groups in total. The van der Waals surface area contributed by atoms with E-state index in [4.69, 9.17) is 4.74 Å². The number of benzene rings is 1. The SMILES string of the molecule is COC(=O)c1ccc(Cn2ccc(-c3cc(C4=CNC(O)NC4O)nnc3C)c2)cc1. The number of ether oxygens (including phenoxy) is 1. The number of esters is 1. The molecule has 1 aromatic carbocycles. The van der Waals surface area contributed by atoms with Crippen molar-refractivity contribution in [2.24, 2.45) is 0 Å². The Labute approximate surface area is 179 Å². The van der Waals surface area contributed by atoms with Gasteiger partial charge >= 0.3 is 5.97 Å². The standard InChI is InChI=1S/C22H23N5O4/c1-13-17(9-19(26-25-13)18-10-23-22(30)24-20(18)28)16-7-8-27(12-16)11-14-3-5-15(6-4-14)21(29)31-2/h3-10,12,20,22-24,28,30H,11H2,1-2H3. The van der Waals surface area contributed by atoms with Gasteiger partial charge in [0.05, 0.1) is 24.1 Å². The van der Waals surface area contributed by atoms with Crippen LogP contribution in [0.1, 0.15) is 27.3 Å². The third kappa shape index (κ3) is 4.48. The fraction of sp³-hybridized carbons (Fsp3) is 0.227. The normalized spacial score (nSPS) is 18.3. The van der Waals surface area contributed by atoms with Crippen LogP contribution >= 0.6 is 0 Å². The molecule has 0 amide bonds. The molecule has 0 radical (unpaired) electrons. The molecular formula is C22H23N5O4. The van der Waals surface area contributed by atoms with Gasteiger partial charge in [-0.25, -0.2) is 10.1 Å². The summed E-state index contributed by atoms with van der Waals surface area (Å²) in [6, 6.07) is 11.1. The molecular weight excluding hydrogens is 398 g/mol. The number of aromatic nitrogens is 3. The highest BCUT2D eigenvalue weighted by molar-refractivity contribution is 5.89. The van der Waals surface area contributed by atoms with E-state index in [1.165, 1.54) is 13.3 Å². The summed E-state index contributed by atoms with van der Waals surface area (Å²) in [6.07, 6.45) is 3.43. The van der Waals surface area contributed by atoms with E-state index in [0.29, 0.717) is 23.4 Å². The molecule has 2 aromatic heterocycles. The summed E-state index contributed by atoms with van der Waals surface area (Å²) in [5.74, 6) is -0.357. The van der Waals surface area contributed by atoms with Gasteiger partial charge in [-0.1, -0.05) is 12.1 Å². The van der Waals surface area contributed by atoms with Crippen molar-refractivity contribution in [2.45, 2.75) is 26.0 Å². The van der Waals surface area contributed by atoms with Crippen LogP contribution < -0.4 is 10.6 Å². The van der Waals surface area contributed by atoms with Gasteiger partial charge in [0, 0.05) is 41.8 Å². The lowest BCUT2D eigenvalue weighted by Crippen LogP contribution is -2.49. The number of carbonyl (C=O) groups excluding carboxylic acids is 1. The van der Waals surface area contributed by atoms with Gasteiger partial charge < -0.3 is 24.8 Å². The van der Waals surface area contributed by atoms with Gasteiger partial charge in [-0.2, -0.15) is 10.2 Å². The average Bonchev–Trinajstić information content (AvgIpc) is 3.22. The predicted molar refractivity (Wildman–Crippen MR) is 113 cm³/mol. The van der Waals surface area contributed by atoms with Crippen molar-refractivity contribution in [2.75, 3.05) is 7.11 Å². The minimum Gasteiger partial charge on any atom is -0.465 e. The maximum absolute atomic E-state index is 11.6. The smallest absolute Gasteiger partial charge is 0.337 e. The fourth-order valence-corrected chi connectivity index (χ4v) is 3.41. The van der Waals surface area contributed by atoms with Crippen LogP contribution in [0.5, 0.6) is 0 Å². The highest BCUT2D eigenvalue weighted by Gasteiger charge is 2.22. The number of aliphatic hydroxyl groups is 2. The Kier molecular flexibility index (Phi) is 5.81. The Bertz CT molecular complexity index is 1120. The zero-order valence-electron chi connectivity index (χ0n) is 17.1. The highest BCUT2D eigenvalue weighted by atomic mass is 16.5. The van der Waals surface area contributed by atoms with E-state index in [2.05, 4.69) is 20.8 Å². The molecule has 3 aromatic rings. The number of methoxy groups -OCH3 is 1. The highest BCUT2D eigenvalue weighted by Crippen LogP contribution is 2.26. The number of hydrogen-bond donors (Lipinski definition) is 4. The van der Waals surface area contributed by atoms with Gasteiger partial charge in [0.25, 0.3) is 0 Å². The molecule has 0 saturated heterocycles. The second kappa shape index (κ2) is 8.68. The summed E-state index contributed by atoms with van der Waals surface area (Å²) in [7, 11) is 1.36. The fourth-order valence-electron chi connectivity index (χ4n) is 3.41. The second-order valence-corrected chi connectivity index (χ2v) is 7.23. The zero-order valence-corrected chi connectivity index (χ0v) is 17.1. The average molecular weight is 421 g/mol. The first-order chi connectivity index (χ1) is 14.9. The molecule has 0 fully saturated rings. The van der Waals surface area contributed by atoms with Crippen LogP contribution in [0.2, 0.25) is 0 Å². The van der Waals surface area contributed by atoms with Crippen molar-refractivity contribution < 1.29 is 19.7 Å². The summed E-state index contributed by atoms with van der Waals surface area (Å²) in [6.45, 7) is 2.52. The molecule has 9 heteroatoms. The molecule has 0 spiro atoms. The van der Waals surface area contributed by atoms with E-state index in [9.17, 15) is 15.0 Å². The van der Waals surface area contributed by atoms with Crippen molar-refractivity contribution in [3.63, 3.8) is 0 Å². The summed E-state index contributed by atoms with van der Waals surface area (Å²) in [4.78, 5) is 11.6. The first-order valence-corrected chi connectivity index (χ1v) is 9.71. The third-order valence-electron chi connectivity index (χ3n) is 5.08. The van der Waals surface area contributed by atoms with Crippen molar-refractivity contribution in [3.05, 3.63) is 77.5 Å². The lowest BCUT2D eigenvalue weighted by molar-refractivity contribution is 0.0482. The summed E-state index contributed by atoms with van der Waals surface area (Å²) in [5, 5.41) is 33.4. The van der Waals surface area contributed by atoms with E-state index in [1.807, 2.05) is 48.1 Å². The van der Waals surface area contributed by atoms with Gasteiger partial charge in [-0.3, -0.25) is 0 Å². The van der Waals surface area contributed by atoms with Crippen LogP contribution in [0.15, 0.2) is 55.0 Å². The molecule has 1 aliphatic rings. The van der Waals surface area contributed by atoms with Crippen molar-refractivity contribution >= 4 is 11.5 Å². The maximum Gasteiger partial charge on any atom is 0.337 e. The number of nitrogens with one attached hydrogen (secondary N) is 2. The summed E-state index contributed by atoms with van der Waals surface area (Å²) < 4.78 is 6.77. The molecule has 31 heavy (non-hydrogen) atoms. The molecule has 0 saturated carbocycles. The van der Waals surface area contributed by atoms with Gasteiger partial charge in [-0.05, 0) is 36.8 Å². The van der Waals surface area contributed by atoms with Gasteiger partial charge in [-0.15, -0.1) is 0 Å². The van der Waals surface area contributed by atoms with E-state index in [0.717, 1.165) is 22.4 Å². The number of aliphatic hydroxyl groups excluding tert-OH is 2. The number of rotatable bonds is 5. The maximum atomic E-state index is 11.6. The Balaban J connectivity index is 1.55.